The minimum Gasteiger partial charge on any atom is -0.507 e. The molecule has 0 bridgehead atoms. The second kappa shape index (κ2) is 6.13. The summed E-state index contributed by atoms with van der Waals surface area (Å²) < 4.78 is 0. The third-order valence-corrected chi connectivity index (χ3v) is 3.59. The van der Waals surface area contributed by atoms with Crippen LogP contribution in [0.5, 0.6) is 5.75 Å². The van der Waals surface area contributed by atoms with Crippen molar-refractivity contribution in [2.75, 3.05) is 0 Å². The van der Waals surface area contributed by atoms with Crippen molar-refractivity contribution in [1.82, 2.24) is 0 Å². The molecule has 2 nitrogen and oxygen atoms in total. The third-order valence-electron chi connectivity index (χ3n) is 3.59. The number of phenols is 1. The van der Waals surface area contributed by atoms with E-state index in [0.29, 0.717) is 5.75 Å². The number of para-hydroxylation sites is 1. The molecule has 110 valence electrons. The average Bonchev–Trinajstić information content (AvgIpc) is 2.45. The van der Waals surface area contributed by atoms with Crippen LogP contribution >= 0.6 is 0 Å². The summed E-state index contributed by atoms with van der Waals surface area (Å²) >= 11 is 0. The molecule has 0 fully saturated rings. The van der Waals surface area contributed by atoms with Crippen LogP contribution in [0.2, 0.25) is 0 Å². The van der Waals surface area contributed by atoms with Crippen LogP contribution in [0.3, 0.4) is 0 Å². The molecule has 1 N–H and O–H groups in total. The molecule has 0 amide bonds. The Kier molecular flexibility index (Phi) is 4.46. The summed E-state index contributed by atoms with van der Waals surface area (Å²) in [4.78, 5) is 4.56. The van der Waals surface area contributed by atoms with Gasteiger partial charge < -0.3 is 5.11 Å². The molecular weight excluding hydrogens is 258 g/mol. The molecule has 2 aromatic rings. The predicted molar refractivity (Wildman–Crippen MR) is 89.3 cm³/mol. The van der Waals surface area contributed by atoms with E-state index in [1.54, 1.807) is 6.21 Å². The molecule has 0 heterocycles. The number of phenolic OH excluding ortho intramolecular Hbond substituents is 1. The fourth-order valence-corrected chi connectivity index (χ4v) is 2.28. The van der Waals surface area contributed by atoms with Gasteiger partial charge in [0.15, 0.2) is 0 Å². The van der Waals surface area contributed by atoms with Crippen LogP contribution in [0.15, 0.2) is 53.5 Å². The molecule has 0 spiro atoms. The van der Waals surface area contributed by atoms with E-state index in [0.717, 1.165) is 11.1 Å². The van der Waals surface area contributed by atoms with Crippen LogP contribution in [0, 0.1) is 0 Å². The van der Waals surface area contributed by atoms with Crippen molar-refractivity contribution in [2.24, 2.45) is 4.99 Å². The van der Waals surface area contributed by atoms with Gasteiger partial charge in [-0.1, -0.05) is 63.2 Å². The predicted octanol–water partition coefficient (Wildman–Crippen LogP) is 4.87. The van der Waals surface area contributed by atoms with Gasteiger partial charge in [-0.2, -0.15) is 0 Å². The Morgan fingerprint density at radius 3 is 2.29 bits per heavy atom. The minimum atomic E-state index is -0.0843. The van der Waals surface area contributed by atoms with Crippen molar-refractivity contribution >= 4 is 6.21 Å². The van der Waals surface area contributed by atoms with Gasteiger partial charge in [-0.25, -0.2) is 0 Å². The molecule has 0 aliphatic heterocycles. The van der Waals surface area contributed by atoms with Gasteiger partial charge in [0.1, 0.15) is 5.75 Å². The third kappa shape index (κ3) is 3.72. The largest absolute Gasteiger partial charge is 0.507 e. The lowest BCUT2D eigenvalue weighted by molar-refractivity contribution is 0.446. The summed E-state index contributed by atoms with van der Waals surface area (Å²) in [6, 6.07) is 16.1. The number of aromatic hydroxyl groups is 1. The number of rotatable bonds is 3. The Morgan fingerprint density at radius 2 is 1.67 bits per heavy atom. The van der Waals surface area contributed by atoms with Crippen molar-refractivity contribution in [3.63, 3.8) is 0 Å². The number of hydrogen-bond donors (Lipinski definition) is 1. The highest BCUT2D eigenvalue weighted by Gasteiger charge is 2.19. The first kappa shape index (κ1) is 15.3. The van der Waals surface area contributed by atoms with Crippen molar-refractivity contribution in [3.05, 3.63) is 65.2 Å². The smallest absolute Gasteiger partial charge is 0.128 e. The summed E-state index contributed by atoms with van der Waals surface area (Å²) in [6.07, 6.45) is 1.77. The highest BCUT2D eigenvalue weighted by molar-refractivity contribution is 5.84. The second-order valence-electron chi connectivity index (χ2n) is 6.36. The van der Waals surface area contributed by atoms with Gasteiger partial charge in [0.2, 0.25) is 0 Å². The highest BCUT2D eigenvalue weighted by Crippen LogP contribution is 2.32. The Morgan fingerprint density at radius 1 is 1.00 bits per heavy atom. The highest BCUT2D eigenvalue weighted by atomic mass is 16.3. The standard InChI is InChI=1S/C19H23NO/c1-14(15-9-6-5-7-10-15)20-13-16-11-8-12-17(18(16)21)19(2,3)4/h5-14,21H,1-4H3. The molecule has 0 saturated carbocycles. The fourth-order valence-electron chi connectivity index (χ4n) is 2.28. The zero-order valence-electron chi connectivity index (χ0n) is 13.2. The van der Waals surface area contributed by atoms with E-state index in [4.69, 9.17) is 0 Å². The van der Waals surface area contributed by atoms with Gasteiger partial charge in [0.25, 0.3) is 0 Å². The van der Waals surface area contributed by atoms with Crippen molar-refractivity contribution in [1.29, 1.82) is 0 Å². The zero-order valence-corrected chi connectivity index (χ0v) is 13.2. The Labute approximate surface area is 127 Å². The van der Waals surface area contributed by atoms with E-state index < -0.39 is 0 Å². The molecule has 0 aliphatic carbocycles. The maximum Gasteiger partial charge on any atom is 0.128 e. The molecular formula is C19H23NO. The maximum absolute atomic E-state index is 10.4. The molecule has 1 atom stereocenters. The van der Waals surface area contributed by atoms with Crippen LogP contribution in [-0.4, -0.2) is 11.3 Å². The molecule has 2 aromatic carbocycles. The molecule has 2 heteroatoms. The van der Waals surface area contributed by atoms with Crippen LogP contribution < -0.4 is 0 Å². The quantitative estimate of drug-likeness (QED) is 0.800. The van der Waals surface area contributed by atoms with E-state index >= 15 is 0 Å². The van der Waals surface area contributed by atoms with E-state index in [9.17, 15) is 5.11 Å². The van der Waals surface area contributed by atoms with Gasteiger partial charge in [0, 0.05) is 11.8 Å². The Bertz CT molecular complexity index is 624. The average molecular weight is 281 g/mol. The summed E-state index contributed by atoms with van der Waals surface area (Å²) in [5.74, 6) is 0.328. The van der Waals surface area contributed by atoms with E-state index in [1.807, 2.05) is 36.4 Å². The molecule has 0 saturated heterocycles. The monoisotopic (exact) mass is 281 g/mol. The van der Waals surface area contributed by atoms with E-state index in [-0.39, 0.29) is 11.5 Å². The lowest BCUT2D eigenvalue weighted by Crippen LogP contribution is -2.11. The first-order valence-electron chi connectivity index (χ1n) is 7.30. The first-order valence-corrected chi connectivity index (χ1v) is 7.30. The topological polar surface area (TPSA) is 32.6 Å². The van der Waals surface area contributed by atoms with Crippen LogP contribution in [0.4, 0.5) is 0 Å². The van der Waals surface area contributed by atoms with Crippen LogP contribution in [-0.2, 0) is 5.41 Å². The van der Waals surface area contributed by atoms with Crippen molar-refractivity contribution in [2.45, 2.75) is 39.2 Å². The molecule has 1 unspecified atom stereocenters. The van der Waals surface area contributed by atoms with Gasteiger partial charge in [-0.3, -0.25) is 4.99 Å². The van der Waals surface area contributed by atoms with Gasteiger partial charge >= 0.3 is 0 Å². The molecule has 21 heavy (non-hydrogen) atoms. The molecule has 2 rings (SSSR count). The number of hydrogen-bond acceptors (Lipinski definition) is 2. The summed E-state index contributed by atoms with van der Waals surface area (Å²) in [6.45, 7) is 8.33. The van der Waals surface area contributed by atoms with Crippen molar-refractivity contribution < 1.29 is 5.11 Å². The zero-order chi connectivity index (χ0) is 15.5. The van der Waals surface area contributed by atoms with Gasteiger partial charge in [0.05, 0.1) is 6.04 Å². The normalized spacial score (nSPS) is 13.5. The van der Waals surface area contributed by atoms with Gasteiger partial charge in [-0.05, 0) is 29.5 Å². The Balaban J connectivity index is 2.26. The minimum absolute atomic E-state index is 0.0730. The molecule has 0 aliphatic rings. The van der Waals surface area contributed by atoms with Crippen LogP contribution in [0.25, 0.3) is 0 Å². The first-order chi connectivity index (χ1) is 9.89. The number of benzene rings is 2. The summed E-state index contributed by atoms with van der Waals surface area (Å²) in [5.41, 5.74) is 2.79. The fraction of sp³-hybridized carbons (Fsp3) is 0.316. The SMILES string of the molecule is CC(N=Cc1cccc(C(C)(C)C)c1O)c1ccccc1. The maximum atomic E-state index is 10.4. The van der Waals surface area contributed by atoms with Gasteiger partial charge in [-0.15, -0.1) is 0 Å². The lowest BCUT2D eigenvalue weighted by Gasteiger charge is -2.21. The lowest BCUT2D eigenvalue weighted by atomic mass is 9.85. The number of aliphatic imine (C=N–C) groups is 1. The molecule has 0 radical (unpaired) electrons. The van der Waals surface area contributed by atoms with Crippen molar-refractivity contribution in [3.8, 4) is 5.75 Å². The van der Waals surface area contributed by atoms with E-state index in [2.05, 4.69) is 44.8 Å². The van der Waals surface area contributed by atoms with Crippen LogP contribution in [0.1, 0.15) is 50.4 Å². The Hall–Kier alpha value is -2.09. The van der Waals surface area contributed by atoms with E-state index in [1.165, 1.54) is 5.56 Å². The summed E-state index contributed by atoms with van der Waals surface area (Å²) in [7, 11) is 0. The summed E-state index contributed by atoms with van der Waals surface area (Å²) in [5, 5.41) is 10.4. The number of nitrogens with zero attached hydrogens (tertiary/aromatic N) is 1. The second-order valence-corrected chi connectivity index (χ2v) is 6.36. The molecule has 0 aromatic heterocycles.